The monoisotopic (exact) mass is 402 g/mol. The molecule has 0 unspecified atom stereocenters. The van der Waals surface area contributed by atoms with Crippen molar-refractivity contribution < 1.29 is 0 Å². The molecule has 21 heavy (non-hydrogen) atoms. The molecule has 0 heterocycles. The largest absolute Gasteiger partial charge is 0.275 e. The smallest absolute Gasteiger partial charge is 0.0935 e. The van der Waals surface area contributed by atoms with Crippen LogP contribution in [0.25, 0.3) is 6.08 Å². The highest BCUT2D eigenvalue weighted by molar-refractivity contribution is 9.12. The molecule has 0 atom stereocenters. The Bertz CT molecular complexity index is 662. The molecule has 0 radical (unpaired) electrons. The van der Waals surface area contributed by atoms with Gasteiger partial charge in [0.1, 0.15) is 0 Å². The van der Waals surface area contributed by atoms with Gasteiger partial charge in [0.25, 0.3) is 0 Å². The predicted octanol–water partition coefficient (Wildman–Crippen LogP) is 6.48. The van der Waals surface area contributed by atoms with Crippen LogP contribution in [0.2, 0.25) is 15.1 Å². The van der Waals surface area contributed by atoms with Gasteiger partial charge < -0.3 is 0 Å². The Morgan fingerprint density at radius 2 is 1.67 bits per heavy atom. The summed E-state index contributed by atoms with van der Waals surface area (Å²) in [7, 11) is 0. The average molecular weight is 405 g/mol. The van der Waals surface area contributed by atoms with E-state index in [0.717, 1.165) is 10.0 Å². The molecule has 2 rings (SSSR count). The Morgan fingerprint density at radius 1 is 1.05 bits per heavy atom. The second-order valence-corrected chi connectivity index (χ2v) is 6.22. The molecule has 2 aromatic carbocycles. The second kappa shape index (κ2) is 7.85. The predicted molar refractivity (Wildman–Crippen MR) is 96.9 cm³/mol. The third-order valence-electron chi connectivity index (χ3n) is 2.48. The van der Waals surface area contributed by atoms with E-state index in [-0.39, 0.29) is 0 Å². The zero-order valence-corrected chi connectivity index (χ0v) is 14.5. The molecule has 108 valence electrons. The number of hydrogen-bond donors (Lipinski definition) is 1. The van der Waals surface area contributed by atoms with Crippen molar-refractivity contribution in [3.8, 4) is 0 Å². The van der Waals surface area contributed by atoms with Gasteiger partial charge in [-0.25, -0.2) is 0 Å². The first-order valence-electron chi connectivity index (χ1n) is 5.92. The van der Waals surface area contributed by atoms with Gasteiger partial charge in [-0.05, 0) is 39.7 Å². The van der Waals surface area contributed by atoms with Crippen LogP contribution >= 0.6 is 50.7 Å². The molecule has 0 amide bonds. The van der Waals surface area contributed by atoms with Gasteiger partial charge in [-0.15, -0.1) is 0 Å². The van der Waals surface area contributed by atoms with Gasteiger partial charge in [0.2, 0.25) is 0 Å². The molecule has 0 aliphatic heterocycles. The molecule has 1 N–H and O–H groups in total. The zero-order chi connectivity index (χ0) is 15.2. The lowest BCUT2D eigenvalue weighted by Gasteiger charge is -2.06. The quantitative estimate of drug-likeness (QED) is 0.458. The van der Waals surface area contributed by atoms with Crippen LogP contribution < -0.4 is 5.43 Å². The molecule has 0 spiro atoms. The fourth-order valence-electron chi connectivity index (χ4n) is 1.55. The maximum Gasteiger partial charge on any atom is 0.0935 e. The Labute approximate surface area is 146 Å². The summed E-state index contributed by atoms with van der Waals surface area (Å²) in [5.41, 5.74) is 4.38. The minimum atomic E-state index is 0.410. The van der Waals surface area contributed by atoms with Crippen molar-refractivity contribution in [1.82, 2.24) is 0 Å². The lowest BCUT2D eigenvalue weighted by molar-refractivity contribution is 1.35. The van der Waals surface area contributed by atoms with Crippen molar-refractivity contribution in [3.05, 3.63) is 67.6 Å². The summed E-state index contributed by atoms with van der Waals surface area (Å²) in [6.45, 7) is 0. The van der Waals surface area contributed by atoms with E-state index in [9.17, 15) is 0 Å². The molecular formula is C15H10BrCl3N2. The van der Waals surface area contributed by atoms with Crippen molar-refractivity contribution in [2.24, 2.45) is 5.10 Å². The minimum Gasteiger partial charge on any atom is -0.275 e. The summed E-state index contributed by atoms with van der Waals surface area (Å²) >= 11 is 21.4. The Morgan fingerprint density at radius 3 is 2.29 bits per heavy atom. The normalized spacial score (nSPS) is 11.9. The van der Waals surface area contributed by atoms with E-state index in [4.69, 9.17) is 34.8 Å². The highest BCUT2D eigenvalue weighted by Crippen LogP contribution is 2.33. The summed E-state index contributed by atoms with van der Waals surface area (Å²) in [6.07, 6.45) is 3.56. The fraction of sp³-hybridized carbons (Fsp3) is 0. The van der Waals surface area contributed by atoms with Gasteiger partial charge in [-0.3, -0.25) is 5.43 Å². The summed E-state index contributed by atoms with van der Waals surface area (Å²) in [5, 5.41) is 5.38. The SMILES string of the molecule is Clc1cc(Cl)c(NN=CC(Br)=Cc2ccccc2)c(Cl)c1. The maximum atomic E-state index is 6.05. The lowest BCUT2D eigenvalue weighted by atomic mass is 10.2. The van der Waals surface area contributed by atoms with E-state index in [1.165, 1.54) is 0 Å². The van der Waals surface area contributed by atoms with Gasteiger partial charge >= 0.3 is 0 Å². The van der Waals surface area contributed by atoms with Crippen LogP contribution in [0, 0.1) is 0 Å². The van der Waals surface area contributed by atoms with E-state index in [1.807, 2.05) is 36.4 Å². The van der Waals surface area contributed by atoms with Crippen molar-refractivity contribution in [2.75, 3.05) is 5.43 Å². The van der Waals surface area contributed by atoms with Crippen LogP contribution in [-0.2, 0) is 0 Å². The Hall–Kier alpha value is -1.00. The summed E-state index contributed by atoms with van der Waals surface area (Å²) < 4.78 is 0.808. The van der Waals surface area contributed by atoms with E-state index in [1.54, 1.807) is 18.3 Å². The van der Waals surface area contributed by atoms with Crippen LogP contribution in [0.4, 0.5) is 5.69 Å². The van der Waals surface area contributed by atoms with Gasteiger partial charge in [0, 0.05) is 9.51 Å². The number of allylic oxidation sites excluding steroid dienone is 1. The lowest BCUT2D eigenvalue weighted by Crippen LogP contribution is -1.92. The van der Waals surface area contributed by atoms with Crippen molar-refractivity contribution in [2.45, 2.75) is 0 Å². The molecule has 0 saturated heterocycles. The van der Waals surface area contributed by atoms with Gasteiger partial charge in [-0.1, -0.05) is 65.1 Å². The molecule has 6 heteroatoms. The number of anilines is 1. The highest BCUT2D eigenvalue weighted by atomic mass is 79.9. The number of halogens is 4. The molecule has 0 saturated carbocycles. The summed E-state index contributed by atoms with van der Waals surface area (Å²) in [5.74, 6) is 0. The Balaban J connectivity index is 2.08. The highest BCUT2D eigenvalue weighted by Gasteiger charge is 2.06. The number of hydrazone groups is 1. The van der Waals surface area contributed by atoms with Crippen LogP contribution in [0.1, 0.15) is 5.56 Å². The molecular weight excluding hydrogens is 394 g/mol. The maximum absolute atomic E-state index is 6.05. The standard InChI is InChI=1S/C15H10BrCl3N2/c16-11(6-10-4-2-1-3-5-10)9-20-21-15-13(18)7-12(17)8-14(15)19/h1-9,21H. The van der Waals surface area contributed by atoms with Crippen molar-refractivity contribution >= 4 is 68.7 Å². The van der Waals surface area contributed by atoms with Crippen LogP contribution in [0.3, 0.4) is 0 Å². The van der Waals surface area contributed by atoms with E-state index in [2.05, 4.69) is 26.5 Å². The van der Waals surface area contributed by atoms with Gasteiger partial charge in [0.05, 0.1) is 21.9 Å². The molecule has 2 aromatic rings. The third-order valence-corrected chi connectivity index (χ3v) is 3.72. The number of hydrogen-bond acceptors (Lipinski definition) is 2. The molecule has 0 fully saturated rings. The average Bonchev–Trinajstić information content (AvgIpc) is 2.42. The number of nitrogens with one attached hydrogen (secondary N) is 1. The van der Waals surface area contributed by atoms with Gasteiger partial charge in [0.15, 0.2) is 0 Å². The first kappa shape index (κ1) is 16.4. The third kappa shape index (κ3) is 5.04. The van der Waals surface area contributed by atoms with E-state index >= 15 is 0 Å². The van der Waals surface area contributed by atoms with Crippen molar-refractivity contribution in [3.63, 3.8) is 0 Å². The van der Waals surface area contributed by atoms with Crippen molar-refractivity contribution in [1.29, 1.82) is 0 Å². The number of benzene rings is 2. The van der Waals surface area contributed by atoms with E-state index < -0.39 is 0 Å². The minimum absolute atomic E-state index is 0.410. The molecule has 2 nitrogen and oxygen atoms in total. The van der Waals surface area contributed by atoms with E-state index in [0.29, 0.717) is 20.8 Å². The molecule has 0 aliphatic carbocycles. The first-order valence-corrected chi connectivity index (χ1v) is 7.85. The zero-order valence-electron chi connectivity index (χ0n) is 10.7. The molecule has 0 bridgehead atoms. The number of nitrogens with zero attached hydrogens (tertiary/aromatic N) is 1. The summed E-state index contributed by atoms with van der Waals surface area (Å²) in [4.78, 5) is 0. The van der Waals surface area contributed by atoms with Gasteiger partial charge in [-0.2, -0.15) is 5.10 Å². The topological polar surface area (TPSA) is 24.4 Å². The fourth-order valence-corrected chi connectivity index (χ4v) is 2.82. The van der Waals surface area contributed by atoms with Crippen LogP contribution in [0.5, 0.6) is 0 Å². The van der Waals surface area contributed by atoms with Crippen LogP contribution in [-0.4, -0.2) is 6.21 Å². The molecule has 0 aromatic heterocycles. The second-order valence-electron chi connectivity index (χ2n) is 4.05. The van der Waals surface area contributed by atoms with Crippen LogP contribution in [0.15, 0.2) is 52.0 Å². The Kier molecular flexibility index (Phi) is 6.12. The summed E-state index contributed by atoms with van der Waals surface area (Å²) in [6, 6.07) is 13.1. The first-order chi connectivity index (χ1) is 10.1. The number of rotatable bonds is 4. The molecule has 0 aliphatic rings.